The second kappa shape index (κ2) is 8.28. The number of benzene rings is 2. The van der Waals surface area contributed by atoms with Gasteiger partial charge in [-0.3, -0.25) is 4.79 Å². The Balaban J connectivity index is 1.76. The number of sulfonamides is 1. The number of rotatable bonds is 4. The quantitative estimate of drug-likeness (QED) is 0.636. The van der Waals surface area contributed by atoms with Gasteiger partial charge in [0.2, 0.25) is 10.0 Å². The Kier molecular flexibility index (Phi) is 6.22. The lowest BCUT2D eigenvalue weighted by molar-refractivity contribution is 0.102. The summed E-state index contributed by atoms with van der Waals surface area (Å²) < 4.78 is 28.4. The predicted octanol–water partition coefficient (Wildman–Crippen LogP) is 4.42. The standard InChI is InChI=1S/C20H23IN2O3S/c1-14-6-9-17(13-19(14)21)22-20(24)16-7-10-18(11-8-16)27(25,26)23-12-4-3-5-15(23)2/h6-11,13,15H,3-5,12H2,1-2H3,(H,22,24). The molecule has 2 aromatic rings. The van der Waals surface area contributed by atoms with E-state index in [2.05, 4.69) is 27.9 Å². The summed E-state index contributed by atoms with van der Waals surface area (Å²) in [7, 11) is -3.52. The van der Waals surface area contributed by atoms with Gasteiger partial charge in [-0.15, -0.1) is 0 Å². The van der Waals surface area contributed by atoms with E-state index >= 15 is 0 Å². The lowest BCUT2D eigenvalue weighted by Gasteiger charge is -2.32. The summed E-state index contributed by atoms with van der Waals surface area (Å²) in [5.41, 5.74) is 2.29. The number of nitrogens with one attached hydrogen (secondary N) is 1. The van der Waals surface area contributed by atoms with Crippen molar-refractivity contribution < 1.29 is 13.2 Å². The molecule has 0 saturated carbocycles. The molecule has 1 fully saturated rings. The molecule has 0 radical (unpaired) electrons. The molecule has 0 spiro atoms. The molecule has 3 rings (SSSR count). The third kappa shape index (κ3) is 4.52. The van der Waals surface area contributed by atoms with Gasteiger partial charge in [0.1, 0.15) is 0 Å². The maximum absolute atomic E-state index is 12.9. The maximum Gasteiger partial charge on any atom is 0.255 e. The summed E-state index contributed by atoms with van der Waals surface area (Å²) in [5.74, 6) is -0.259. The van der Waals surface area contributed by atoms with E-state index in [4.69, 9.17) is 0 Å². The number of piperidine rings is 1. The molecule has 27 heavy (non-hydrogen) atoms. The first-order valence-electron chi connectivity index (χ1n) is 8.98. The molecule has 1 aliphatic rings. The van der Waals surface area contributed by atoms with E-state index in [1.807, 2.05) is 32.0 Å². The van der Waals surface area contributed by atoms with Crippen molar-refractivity contribution in [3.63, 3.8) is 0 Å². The van der Waals surface area contributed by atoms with Crippen LogP contribution in [0, 0.1) is 10.5 Å². The van der Waals surface area contributed by atoms with Crippen molar-refractivity contribution >= 4 is 44.2 Å². The largest absolute Gasteiger partial charge is 0.322 e. The predicted molar refractivity (Wildman–Crippen MR) is 115 cm³/mol. The van der Waals surface area contributed by atoms with Crippen molar-refractivity contribution in [3.05, 3.63) is 57.2 Å². The summed E-state index contributed by atoms with van der Waals surface area (Å²) in [5, 5.41) is 2.85. The summed E-state index contributed by atoms with van der Waals surface area (Å²) in [6.07, 6.45) is 2.83. The van der Waals surface area contributed by atoms with Gasteiger partial charge in [0.05, 0.1) is 4.90 Å². The normalized spacial score (nSPS) is 18.3. The molecule has 1 atom stereocenters. The minimum Gasteiger partial charge on any atom is -0.322 e. The summed E-state index contributed by atoms with van der Waals surface area (Å²) in [6, 6.07) is 11.9. The van der Waals surface area contributed by atoms with Crippen LogP contribution in [0.3, 0.4) is 0 Å². The first-order valence-corrected chi connectivity index (χ1v) is 11.5. The fourth-order valence-electron chi connectivity index (χ4n) is 3.22. The molecule has 1 saturated heterocycles. The van der Waals surface area contributed by atoms with Gasteiger partial charge in [0.15, 0.2) is 0 Å². The van der Waals surface area contributed by atoms with Gasteiger partial charge < -0.3 is 5.32 Å². The van der Waals surface area contributed by atoms with Crippen LogP contribution in [0.25, 0.3) is 0 Å². The van der Waals surface area contributed by atoms with Crippen LogP contribution in [0.5, 0.6) is 0 Å². The van der Waals surface area contributed by atoms with E-state index in [1.165, 1.54) is 12.1 Å². The molecule has 0 bridgehead atoms. The number of carbonyl (C=O) groups excluding carboxylic acids is 1. The fourth-order valence-corrected chi connectivity index (χ4v) is 5.43. The van der Waals surface area contributed by atoms with E-state index in [9.17, 15) is 13.2 Å². The Morgan fingerprint density at radius 3 is 2.48 bits per heavy atom. The number of nitrogens with zero attached hydrogens (tertiary/aromatic N) is 1. The van der Waals surface area contributed by atoms with E-state index < -0.39 is 10.0 Å². The second-order valence-electron chi connectivity index (χ2n) is 6.90. The third-order valence-electron chi connectivity index (χ3n) is 4.89. The Morgan fingerprint density at radius 1 is 1.15 bits per heavy atom. The lowest BCUT2D eigenvalue weighted by Crippen LogP contribution is -2.41. The van der Waals surface area contributed by atoms with Crippen molar-refractivity contribution in [1.29, 1.82) is 0 Å². The van der Waals surface area contributed by atoms with E-state index in [0.717, 1.165) is 28.4 Å². The number of carbonyl (C=O) groups is 1. The average molecular weight is 498 g/mol. The monoisotopic (exact) mass is 498 g/mol. The van der Waals surface area contributed by atoms with E-state index in [0.29, 0.717) is 17.8 Å². The number of halogens is 1. The lowest BCUT2D eigenvalue weighted by atomic mass is 10.1. The van der Waals surface area contributed by atoms with Crippen LogP contribution in [0.4, 0.5) is 5.69 Å². The zero-order valence-corrected chi connectivity index (χ0v) is 18.4. The number of hydrogen-bond donors (Lipinski definition) is 1. The van der Waals surface area contributed by atoms with Crippen molar-refractivity contribution in [1.82, 2.24) is 4.31 Å². The Morgan fingerprint density at radius 2 is 1.85 bits per heavy atom. The van der Waals surface area contributed by atoms with Gasteiger partial charge >= 0.3 is 0 Å². The zero-order chi connectivity index (χ0) is 19.6. The average Bonchev–Trinajstić information content (AvgIpc) is 2.65. The van der Waals surface area contributed by atoms with Gasteiger partial charge in [-0.05, 0) is 91.2 Å². The van der Waals surface area contributed by atoms with Crippen LogP contribution in [0.2, 0.25) is 0 Å². The summed E-state index contributed by atoms with van der Waals surface area (Å²) >= 11 is 2.22. The van der Waals surface area contributed by atoms with Crippen LogP contribution in [0.15, 0.2) is 47.4 Å². The third-order valence-corrected chi connectivity index (χ3v) is 8.08. The summed E-state index contributed by atoms with van der Waals surface area (Å²) in [6.45, 7) is 4.51. The Labute approximate surface area is 174 Å². The Hall–Kier alpha value is -1.45. The molecule has 1 N–H and O–H groups in total. The molecule has 7 heteroatoms. The minimum absolute atomic E-state index is 0.00994. The van der Waals surface area contributed by atoms with Gasteiger partial charge in [0, 0.05) is 27.4 Å². The SMILES string of the molecule is Cc1ccc(NC(=O)c2ccc(S(=O)(=O)N3CCCCC3C)cc2)cc1I. The molecule has 1 amide bonds. The number of hydrogen-bond acceptors (Lipinski definition) is 3. The molecular weight excluding hydrogens is 475 g/mol. The van der Waals surface area contributed by atoms with Crippen LogP contribution < -0.4 is 5.32 Å². The fraction of sp³-hybridized carbons (Fsp3) is 0.350. The van der Waals surface area contributed by atoms with Crippen LogP contribution >= 0.6 is 22.6 Å². The molecule has 1 aliphatic heterocycles. The number of aryl methyl sites for hydroxylation is 1. The zero-order valence-electron chi connectivity index (χ0n) is 15.4. The minimum atomic E-state index is -3.52. The molecule has 0 aromatic heterocycles. The van der Waals surface area contributed by atoms with Gasteiger partial charge in [-0.2, -0.15) is 4.31 Å². The highest BCUT2D eigenvalue weighted by molar-refractivity contribution is 14.1. The second-order valence-corrected chi connectivity index (χ2v) is 9.96. The topological polar surface area (TPSA) is 66.5 Å². The highest BCUT2D eigenvalue weighted by atomic mass is 127. The molecule has 2 aromatic carbocycles. The highest BCUT2D eigenvalue weighted by Crippen LogP contribution is 2.25. The van der Waals surface area contributed by atoms with Gasteiger partial charge in [-0.25, -0.2) is 8.42 Å². The van der Waals surface area contributed by atoms with Crippen LogP contribution in [-0.4, -0.2) is 31.2 Å². The maximum atomic E-state index is 12.9. The molecule has 1 unspecified atom stereocenters. The van der Waals surface area contributed by atoms with E-state index in [-0.39, 0.29) is 16.8 Å². The molecule has 0 aliphatic carbocycles. The van der Waals surface area contributed by atoms with Crippen molar-refractivity contribution in [2.45, 2.75) is 44.0 Å². The van der Waals surface area contributed by atoms with Crippen molar-refractivity contribution in [3.8, 4) is 0 Å². The first kappa shape index (κ1) is 20.3. The number of anilines is 1. The van der Waals surface area contributed by atoms with Gasteiger partial charge in [-0.1, -0.05) is 12.5 Å². The van der Waals surface area contributed by atoms with Crippen LogP contribution in [0.1, 0.15) is 42.1 Å². The smallest absolute Gasteiger partial charge is 0.255 e. The molecule has 144 valence electrons. The van der Waals surface area contributed by atoms with Crippen molar-refractivity contribution in [2.75, 3.05) is 11.9 Å². The van der Waals surface area contributed by atoms with Crippen molar-refractivity contribution in [2.24, 2.45) is 0 Å². The van der Waals surface area contributed by atoms with E-state index in [1.54, 1.807) is 16.4 Å². The molecule has 1 heterocycles. The van der Waals surface area contributed by atoms with Crippen LogP contribution in [-0.2, 0) is 10.0 Å². The van der Waals surface area contributed by atoms with Gasteiger partial charge in [0.25, 0.3) is 5.91 Å². The first-order chi connectivity index (χ1) is 12.8. The Bertz CT molecular complexity index is 942. The molecule has 5 nitrogen and oxygen atoms in total. The number of amides is 1. The highest BCUT2D eigenvalue weighted by Gasteiger charge is 2.30. The summed E-state index contributed by atoms with van der Waals surface area (Å²) in [4.78, 5) is 12.7. The molecular formula is C20H23IN2O3S.